The van der Waals surface area contributed by atoms with E-state index in [4.69, 9.17) is 0 Å². The molecule has 5 rings (SSSR count). The highest BCUT2D eigenvalue weighted by atomic mass is 19.4. The Kier molecular flexibility index (Phi) is 6.59. The molecule has 1 N–H and O–H groups in total. The molecule has 0 unspecified atom stereocenters. The minimum absolute atomic E-state index is 0.0410. The van der Waals surface area contributed by atoms with E-state index < -0.39 is 6.36 Å². The smallest absolute Gasteiger partial charge is 0.406 e. The van der Waals surface area contributed by atoms with Crippen LogP contribution in [-0.2, 0) is 17.8 Å². The summed E-state index contributed by atoms with van der Waals surface area (Å²) < 4.78 is 40.7. The number of alkyl halides is 3. The number of hydrogen-bond donors (Lipinski definition) is 1. The van der Waals surface area contributed by atoms with E-state index in [2.05, 4.69) is 20.1 Å². The Bertz CT molecular complexity index is 1120. The maximum atomic E-state index is 13.1. The van der Waals surface area contributed by atoms with Crippen molar-refractivity contribution < 1.29 is 27.5 Å². The lowest BCUT2D eigenvalue weighted by Crippen LogP contribution is -2.45. The second-order valence-electron chi connectivity index (χ2n) is 9.45. The summed E-state index contributed by atoms with van der Waals surface area (Å²) >= 11 is 0. The Morgan fingerprint density at radius 1 is 0.944 bits per heavy atom. The zero-order valence-electron chi connectivity index (χ0n) is 19.6. The van der Waals surface area contributed by atoms with Gasteiger partial charge in [-0.3, -0.25) is 4.79 Å². The zero-order valence-corrected chi connectivity index (χ0v) is 19.6. The molecule has 2 aromatic rings. The maximum Gasteiger partial charge on any atom is 0.573 e. The number of rotatable bonds is 3. The number of carbonyl (C=O) groups is 2. The molecule has 0 aliphatic carbocycles. The van der Waals surface area contributed by atoms with Crippen molar-refractivity contribution in [2.45, 2.75) is 32.2 Å². The molecular weight excluding hydrogens is 477 g/mol. The fraction of sp³-hybridized carbons (Fsp3) is 0.500. The maximum absolute atomic E-state index is 13.1. The van der Waals surface area contributed by atoms with Crippen LogP contribution in [0.2, 0.25) is 0 Å². The van der Waals surface area contributed by atoms with Gasteiger partial charge in [-0.15, -0.1) is 13.2 Å². The number of aromatic amines is 1. The topological polar surface area (TPSA) is 94.7 Å². The van der Waals surface area contributed by atoms with E-state index in [1.54, 1.807) is 11.0 Å². The fourth-order valence-corrected chi connectivity index (χ4v) is 5.24. The van der Waals surface area contributed by atoms with Crippen LogP contribution in [0.4, 0.5) is 18.0 Å². The predicted molar refractivity (Wildman–Crippen MR) is 122 cm³/mol. The van der Waals surface area contributed by atoms with E-state index >= 15 is 0 Å². The number of nitrogens with zero attached hydrogens (tertiary/aromatic N) is 5. The summed E-state index contributed by atoms with van der Waals surface area (Å²) in [6.07, 6.45) is 0.651. The number of likely N-dealkylation sites (tertiary alicyclic amines) is 2. The molecule has 3 amide bonds. The van der Waals surface area contributed by atoms with Gasteiger partial charge in [0.25, 0.3) is 0 Å². The Hall–Kier alpha value is -3.57. The molecule has 4 heterocycles. The van der Waals surface area contributed by atoms with Crippen molar-refractivity contribution in [2.24, 2.45) is 11.8 Å². The lowest BCUT2D eigenvalue weighted by atomic mass is 9.92. The van der Waals surface area contributed by atoms with Crippen LogP contribution in [0.5, 0.6) is 5.75 Å². The summed E-state index contributed by atoms with van der Waals surface area (Å²) in [5.41, 5.74) is 2.36. The minimum atomic E-state index is -4.74. The van der Waals surface area contributed by atoms with Gasteiger partial charge in [-0.25, -0.2) is 4.79 Å². The summed E-state index contributed by atoms with van der Waals surface area (Å²) in [6.45, 7) is 3.71. The molecule has 1 aromatic carbocycles. The molecule has 1 aromatic heterocycles. The average molecular weight is 505 g/mol. The Labute approximate surface area is 205 Å². The van der Waals surface area contributed by atoms with Crippen LogP contribution < -0.4 is 4.74 Å². The van der Waals surface area contributed by atoms with Crippen molar-refractivity contribution in [3.05, 3.63) is 47.3 Å². The molecule has 36 heavy (non-hydrogen) atoms. The van der Waals surface area contributed by atoms with Gasteiger partial charge in [0.05, 0.1) is 12.2 Å². The highest BCUT2D eigenvalue weighted by molar-refractivity contribution is 5.91. The van der Waals surface area contributed by atoms with Gasteiger partial charge < -0.3 is 19.4 Å². The van der Waals surface area contributed by atoms with Gasteiger partial charge in [0.1, 0.15) is 11.4 Å². The third-order valence-corrected chi connectivity index (χ3v) is 7.16. The number of hydrogen-bond acceptors (Lipinski definition) is 5. The third kappa shape index (κ3) is 5.47. The standard InChI is InChI=1S/C24H27F3N6O3/c25-24(26,27)36-19-4-1-16(2-5-19)3-6-22(34)31-10-7-17-13-33(14-18(17)8-11-31)23(35)32-12-9-20-21(15-32)29-30-28-20/h1-6,17-18H,7-15H2,(H,28,29,30)/t17-,18+. The first kappa shape index (κ1) is 24.1. The van der Waals surface area contributed by atoms with Crippen LogP contribution >= 0.6 is 0 Å². The number of ether oxygens (including phenoxy) is 1. The lowest BCUT2D eigenvalue weighted by molar-refractivity contribution is -0.274. The molecule has 0 bridgehead atoms. The number of urea groups is 1. The molecular formula is C24H27F3N6O3. The molecule has 12 heteroatoms. The van der Waals surface area contributed by atoms with Crippen molar-refractivity contribution in [3.8, 4) is 5.75 Å². The first-order chi connectivity index (χ1) is 17.2. The monoisotopic (exact) mass is 504 g/mol. The number of nitrogens with one attached hydrogen (secondary N) is 1. The number of carbonyl (C=O) groups excluding carboxylic acids is 2. The lowest BCUT2D eigenvalue weighted by Gasteiger charge is -2.30. The van der Waals surface area contributed by atoms with E-state index in [-0.39, 0.29) is 17.7 Å². The van der Waals surface area contributed by atoms with Crippen molar-refractivity contribution in [3.63, 3.8) is 0 Å². The van der Waals surface area contributed by atoms with Crippen molar-refractivity contribution >= 4 is 18.0 Å². The molecule has 192 valence electrons. The summed E-state index contributed by atoms with van der Waals surface area (Å²) in [6, 6.07) is 5.40. The second-order valence-corrected chi connectivity index (χ2v) is 9.45. The number of amides is 3. The van der Waals surface area contributed by atoms with Crippen LogP contribution in [-0.4, -0.2) is 81.1 Å². The molecule has 2 fully saturated rings. The highest BCUT2D eigenvalue weighted by Crippen LogP contribution is 2.33. The van der Waals surface area contributed by atoms with Crippen molar-refractivity contribution in [2.75, 3.05) is 32.7 Å². The number of halogens is 3. The number of H-pyrrole nitrogens is 1. The average Bonchev–Trinajstić information content (AvgIpc) is 3.44. The molecule has 2 saturated heterocycles. The molecule has 0 radical (unpaired) electrons. The van der Waals surface area contributed by atoms with Gasteiger partial charge in [-0.05, 0) is 48.4 Å². The first-order valence-corrected chi connectivity index (χ1v) is 12.0. The predicted octanol–water partition coefficient (Wildman–Crippen LogP) is 3.07. The van der Waals surface area contributed by atoms with Crippen LogP contribution in [0.3, 0.4) is 0 Å². The Balaban J connectivity index is 1.11. The largest absolute Gasteiger partial charge is 0.573 e. The molecule has 9 nitrogen and oxygen atoms in total. The van der Waals surface area contributed by atoms with Gasteiger partial charge in [0.15, 0.2) is 0 Å². The molecule has 2 atom stereocenters. The number of benzene rings is 1. The van der Waals surface area contributed by atoms with Crippen molar-refractivity contribution in [1.29, 1.82) is 0 Å². The van der Waals surface area contributed by atoms with Crippen LogP contribution in [0, 0.1) is 11.8 Å². The molecule has 3 aliphatic heterocycles. The fourth-order valence-electron chi connectivity index (χ4n) is 5.24. The molecule has 0 spiro atoms. The minimum Gasteiger partial charge on any atom is -0.406 e. The third-order valence-electron chi connectivity index (χ3n) is 7.16. The van der Waals surface area contributed by atoms with E-state index in [9.17, 15) is 22.8 Å². The summed E-state index contributed by atoms with van der Waals surface area (Å²) in [7, 11) is 0. The first-order valence-electron chi connectivity index (χ1n) is 12.0. The quantitative estimate of drug-likeness (QED) is 0.649. The summed E-state index contributed by atoms with van der Waals surface area (Å²) in [5.74, 6) is 0.268. The van der Waals surface area contributed by atoms with Gasteiger partial charge >= 0.3 is 12.4 Å². The van der Waals surface area contributed by atoms with E-state index in [0.29, 0.717) is 63.1 Å². The highest BCUT2D eigenvalue weighted by Gasteiger charge is 2.39. The second kappa shape index (κ2) is 9.82. The SMILES string of the molecule is O=C(C=Cc1ccc(OC(F)(F)F)cc1)N1CC[C@@H]2CN(C(=O)N3CCc4n[nH]nc4C3)C[C@@H]2CC1. The normalized spacial score (nSPS) is 22.4. The van der Waals surface area contributed by atoms with Crippen LogP contribution in [0.25, 0.3) is 6.08 Å². The number of aromatic nitrogens is 3. The van der Waals surface area contributed by atoms with E-state index in [1.165, 1.54) is 30.3 Å². The number of fused-ring (bicyclic) bond motifs is 2. The van der Waals surface area contributed by atoms with Crippen LogP contribution in [0.15, 0.2) is 30.3 Å². The molecule has 0 saturated carbocycles. The van der Waals surface area contributed by atoms with Crippen molar-refractivity contribution in [1.82, 2.24) is 30.1 Å². The summed E-state index contributed by atoms with van der Waals surface area (Å²) in [5, 5.41) is 10.9. The Morgan fingerprint density at radius 2 is 1.61 bits per heavy atom. The summed E-state index contributed by atoms with van der Waals surface area (Å²) in [4.78, 5) is 31.4. The van der Waals surface area contributed by atoms with Gasteiger partial charge in [0, 0.05) is 45.2 Å². The zero-order chi connectivity index (χ0) is 25.3. The van der Waals surface area contributed by atoms with Gasteiger partial charge in [0.2, 0.25) is 5.91 Å². The van der Waals surface area contributed by atoms with Gasteiger partial charge in [-0.2, -0.15) is 15.4 Å². The van der Waals surface area contributed by atoms with E-state index in [0.717, 1.165) is 24.2 Å². The van der Waals surface area contributed by atoms with Crippen LogP contribution in [0.1, 0.15) is 29.8 Å². The van der Waals surface area contributed by atoms with E-state index in [1.807, 2.05) is 9.80 Å². The van der Waals surface area contributed by atoms with Gasteiger partial charge in [-0.1, -0.05) is 12.1 Å². The Morgan fingerprint density at radius 3 is 2.28 bits per heavy atom. The molecule has 3 aliphatic rings.